The molecule has 6 nitrogen and oxygen atoms in total. The summed E-state index contributed by atoms with van der Waals surface area (Å²) in [6, 6.07) is 7.80. The minimum Gasteiger partial charge on any atom is -0.378 e. The Labute approximate surface area is 171 Å². The lowest BCUT2D eigenvalue weighted by Gasteiger charge is -2.21. The van der Waals surface area contributed by atoms with E-state index in [1.165, 1.54) is 43.9 Å². The normalized spacial score (nSPS) is 14.6. The number of hydrogen-bond donors (Lipinski definition) is 1. The standard InChI is InChI=1S/C21H29N5OS/c1-4-14-26-20(16-8-6-5-7-9-16)23-24-21(26)28-15-19(27)22-17-10-12-18(13-11-17)25(2)3/h4,10-13,16H,1,5-9,14-15H2,2-3H3,(H,22,27). The molecule has 2 aromatic rings. The molecule has 0 spiro atoms. The highest BCUT2D eigenvalue weighted by Crippen LogP contribution is 2.33. The minimum absolute atomic E-state index is 0.0463. The van der Waals surface area contributed by atoms with Gasteiger partial charge in [0.15, 0.2) is 5.16 Å². The summed E-state index contributed by atoms with van der Waals surface area (Å²) in [5, 5.41) is 12.6. The largest absolute Gasteiger partial charge is 0.378 e. The number of rotatable bonds is 8. The molecule has 1 heterocycles. The summed E-state index contributed by atoms with van der Waals surface area (Å²) in [4.78, 5) is 14.4. The summed E-state index contributed by atoms with van der Waals surface area (Å²) in [5.41, 5.74) is 1.90. The van der Waals surface area contributed by atoms with Crippen LogP contribution in [0.2, 0.25) is 0 Å². The third kappa shape index (κ3) is 5.16. The van der Waals surface area contributed by atoms with Gasteiger partial charge in [0, 0.05) is 37.9 Å². The van der Waals surface area contributed by atoms with Gasteiger partial charge in [0.05, 0.1) is 5.75 Å². The van der Waals surface area contributed by atoms with E-state index in [1.54, 1.807) is 0 Å². The number of carbonyl (C=O) groups is 1. The van der Waals surface area contributed by atoms with Gasteiger partial charge in [0.1, 0.15) is 5.82 Å². The van der Waals surface area contributed by atoms with Gasteiger partial charge in [-0.15, -0.1) is 16.8 Å². The second-order valence-corrected chi connectivity index (χ2v) is 8.30. The maximum absolute atomic E-state index is 12.4. The number of amides is 1. The predicted molar refractivity (Wildman–Crippen MR) is 116 cm³/mol. The molecule has 0 atom stereocenters. The summed E-state index contributed by atoms with van der Waals surface area (Å²) < 4.78 is 2.12. The van der Waals surface area contributed by atoms with E-state index >= 15 is 0 Å². The Morgan fingerprint density at radius 3 is 2.61 bits per heavy atom. The van der Waals surface area contributed by atoms with Gasteiger partial charge in [-0.25, -0.2) is 0 Å². The van der Waals surface area contributed by atoms with Crippen molar-refractivity contribution in [3.63, 3.8) is 0 Å². The van der Waals surface area contributed by atoms with Gasteiger partial charge in [-0.3, -0.25) is 4.79 Å². The van der Waals surface area contributed by atoms with E-state index in [-0.39, 0.29) is 5.91 Å². The fourth-order valence-corrected chi connectivity index (χ4v) is 4.30. The number of hydrogen-bond acceptors (Lipinski definition) is 5. The lowest BCUT2D eigenvalue weighted by Crippen LogP contribution is -2.16. The van der Waals surface area contributed by atoms with Gasteiger partial charge in [-0.2, -0.15) is 0 Å². The molecule has 3 rings (SSSR count). The summed E-state index contributed by atoms with van der Waals surface area (Å²) in [7, 11) is 3.98. The maximum atomic E-state index is 12.4. The van der Waals surface area contributed by atoms with Crippen molar-refractivity contribution < 1.29 is 4.79 Å². The summed E-state index contributed by atoms with van der Waals surface area (Å²) >= 11 is 1.43. The summed E-state index contributed by atoms with van der Waals surface area (Å²) in [5.74, 6) is 1.77. The number of benzene rings is 1. The Kier molecular flexibility index (Phi) is 7.14. The van der Waals surface area contributed by atoms with E-state index in [9.17, 15) is 4.79 Å². The van der Waals surface area contributed by atoms with Crippen molar-refractivity contribution in [2.45, 2.75) is 49.7 Å². The van der Waals surface area contributed by atoms with Crippen LogP contribution in [0.1, 0.15) is 43.8 Å². The second-order valence-electron chi connectivity index (χ2n) is 7.35. The van der Waals surface area contributed by atoms with E-state index in [2.05, 4.69) is 26.7 Å². The second kappa shape index (κ2) is 9.78. The van der Waals surface area contributed by atoms with E-state index in [4.69, 9.17) is 0 Å². The van der Waals surface area contributed by atoms with Crippen LogP contribution < -0.4 is 10.2 Å². The Bertz CT molecular complexity index is 794. The molecule has 0 bridgehead atoms. The third-order valence-corrected chi connectivity index (χ3v) is 5.99. The number of nitrogens with zero attached hydrogens (tertiary/aromatic N) is 4. The van der Waals surface area contributed by atoms with Crippen LogP contribution in [-0.4, -0.2) is 40.5 Å². The molecule has 1 aliphatic rings. The molecule has 1 fully saturated rings. The molecule has 150 valence electrons. The quantitative estimate of drug-likeness (QED) is 0.529. The van der Waals surface area contributed by atoms with Crippen molar-refractivity contribution in [2.75, 3.05) is 30.1 Å². The number of anilines is 2. The number of thioether (sulfide) groups is 1. The zero-order chi connectivity index (χ0) is 19.9. The number of nitrogens with one attached hydrogen (secondary N) is 1. The molecule has 1 saturated carbocycles. The van der Waals surface area contributed by atoms with Crippen LogP contribution in [0.5, 0.6) is 0 Å². The number of allylic oxidation sites excluding steroid dienone is 1. The highest BCUT2D eigenvalue weighted by Gasteiger charge is 2.23. The molecular weight excluding hydrogens is 370 g/mol. The summed E-state index contributed by atoms with van der Waals surface area (Å²) in [6.07, 6.45) is 8.02. The van der Waals surface area contributed by atoms with Crippen molar-refractivity contribution in [3.05, 3.63) is 42.7 Å². The fraction of sp³-hybridized carbons (Fsp3) is 0.476. The molecule has 1 aliphatic carbocycles. The van der Waals surface area contributed by atoms with Crippen molar-refractivity contribution in [3.8, 4) is 0 Å². The van der Waals surface area contributed by atoms with Crippen LogP contribution in [0.25, 0.3) is 0 Å². The van der Waals surface area contributed by atoms with Gasteiger partial charge in [-0.1, -0.05) is 37.1 Å². The van der Waals surface area contributed by atoms with Gasteiger partial charge in [-0.05, 0) is 37.1 Å². The zero-order valence-electron chi connectivity index (χ0n) is 16.7. The molecule has 0 aliphatic heterocycles. The highest BCUT2D eigenvalue weighted by atomic mass is 32.2. The van der Waals surface area contributed by atoms with Crippen molar-refractivity contribution in [1.82, 2.24) is 14.8 Å². The first-order valence-corrected chi connectivity index (χ1v) is 10.8. The first-order valence-electron chi connectivity index (χ1n) is 9.82. The Hall–Kier alpha value is -2.28. The molecule has 1 amide bonds. The highest BCUT2D eigenvalue weighted by molar-refractivity contribution is 7.99. The Morgan fingerprint density at radius 2 is 1.96 bits per heavy atom. The van der Waals surface area contributed by atoms with Crippen LogP contribution in [-0.2, 0) is 11.3 Å². The Balaban J connectivity index is 1.60. The van der Waals surface area contributed by atoms with Crippen molar-refractivity contribution in [1.29, 1.82) is 0 Å². The fourth-order valence-electron chi connectivity index (χ4n) is 3.54. The SMILES string of the molecule is C=CCn1c(SCC(=O)Nc2ccc(N(C)C)cc2)nnc1C1CCCCC1. The summed E-state index contributed by atoms with van der Waals surface area (Å²) in [6.45, 7) is 4.54. The van der Waals surface area contributed by atoms with Gasteiger partial charge in [0.25, 0.3) is 0 Å². The van der Waals surface area contributed by atoms with Crippen molar-refractivity contribution >= 4 is 29.0 Å². The van der Waals surface area contributed by atoms with E-state index in [0.717, 1.165) is 22.4 Å². The molecule has 1 aromatic carbocycles. The van der Waals surface area contributed by atoms with Crippen LogP contribution in [0.4, 0.5) is 11.4 Å². The lowest BCUT2D eigenvalue weighted by molar-refractivity contribution is -0.113. The average molecular weight is 400 g/mol. The maximum Gasteiger partial charge on any atom is 0.234 e. The van der Waals surface area contributed by atoms with Crippen LogP contribution in [0, 0.1) is 0 Å². The Morgan fingerprint density at radius 1 is 1.25 bits per heavy atom. The monoisotopic (exact) mass is 399 g/mol. The zero-order valence-corrected chi connectivity index (χ0v) is 17.5. The predicted octanol–water partition coefficient (Wildman–Crippen LogP) is 4.31. The molecule has 28 heavy (non-hydrogen) atoms. The molecule has 0 radical (unpaired) electrons. The molecule has 1 N–H and O–H groups in total. The molecule has 7 heteroatoms. The lowest BCUT2D eigenvalue weighted by atomic mass is 9.89. The molecular formula is C21H29N5OS. The van der Waals surface area contributed by atoms with Gasteiger partial charge < -0.3 is 14.8 Å². The van der Waals surface area contributed by atoms with E-state index < -0.39 is 0 Å². The molecule has 0 saturated heterocycles. The smallest absolute Gasteiger partial charge is 0.234 e. The molecule has 1 aromatic heterocycles. The van der Waals surface area contributed by atoms with E-state index in [1.807, 2.05) is 49.3 Å². The van der Waals surface area contributed by atoms with Crippen LogP contribution >= 0.6 is 11.8 Å². The van der Waals surface area contributed by atoms with Gasteiger partial charge in [0.2, 0.25) is 5.91 Å². The first kappa shape index (κ1) is 20.5. The van der Waals surface area contributed by atoms with Crippen molar-refractivity contribution in [2.24, 2.45) is 0 Å². The number of carbonyl (C=O) groups excluding carboxylic acids is 1. The van der Waals surface area contributed by atoms with Crippen LogP contribution in [0.15, 0.2) is 42.1 Å². The molecule has 0 unspecified atom stereocenters. The van der Waals surface area contributed by atoms with E-state index in [0.29, 0.717) is 18.2 Å². The van der Waals surface area contributed by atoms with Gasteiger partial charge >= 0.3 is 0 Å². The topological polar surface area (TPSA) is 63.1 Å². The minimum atomic E-state index is -0.0463. The van der Waals surface area contributed by atoms with Crippen LogP contribution in [0.3, 0.4) is 0 Å². The average Bonchev–Trinajstić information content (AvgIpc) is 3.10. The first-order chi connectivity index (χ1) is 13.6. The number of aromatic nitrogens is 3. The third-order valence-electron chi connectivity index (χ3n) is 5.03.